The summed E-state index contributed by atoms with van der Waals surface area (Å²) in [5.41, 5.74) is 8.27. The van der Waals surface area contributed by atoms with Gasteiger partial charge in [-0.05, 0) is 71.8 Å². The Morgan fingerprint density at radius 2 is 1.00 bits per heavy atom. The third-order valence-electron chi connectivity index (χ3n) is 8.21. The largest absolute Gasteiger partial charge is 0.308 e. The lowest BCUT2D eigenvalue weighted by Gasteiger charge is -2.16. The summed E-state index contributed by atoms with van der Waals surface area (Å²) in [7, 11) is 0. The van der Waals surface area contributed by atoms with Crippen LogP contribution in [-0.4, -0.2) is 24.5 Å². The molecule has 0 unspecified atom stereocenters. The second-order valence-corrected chi connectivity index (χ2v) is 11.0. The summed E-state index contributed by atoms with van der Waals surface area (Å²) in [5.74, 6) is 1.64. The summed E-state index contributed by atoms with van der Waals surface area (Å²) < 4.78 is 2.16. The summed E-state index contributed by atoms with van der Waals surface area (Å²) in [6, 6.07) is 45.9. The predicted octanol–water partition coefficient (Wildman–Crippen LogP) is 8.78. The van der Waals surface area contributed by atoms with Crippen molar-refractivity contribution in [2.75, 3.05) is 0 Å². The van der Waals surface area contributed by atoms with E-state index in [0.717, 1.165) is 55.3 Å². The van der Waals surface area contributed by atoms with Crippen LogP contribution in [-0.2, 0) is 0 Å². The Labute approximate surface area is 270 Å². The van der Waals surface area contributed by atoms with Crippen LogP contribution < -0.4 is 0 Å². The van der Waals surface area contributed by atoms with Gasteiger partial charge in [-0.1, -0.05) is 66.7 Å². The fourth-order valence-electron chi connectivity index (χ4n) is 5.99. The Morgan fingerprint density at radius 3 is 1.53 bits per heavy atom. The molecule has 3 heterocycles. The smallest absolute Gasteiger partial charge is 0.166 e. The van der Waals surface area contributed by atoms with E-state index in [4.69, 9.17) is 15.0 Å². The van der Waals surface area contributed by atoms with Crippen molar-refractivity contribution in [1.82, 2.24) is 24.5 Å². The molecule has 0 radical (unpaired) electrons. The highest BCUT2D eigenvalue weighted by Gasteiger charge is 2.21. The molecule has 7 nitrogen and oxygen atoms in total. The number of nitrogens with zero attached hydrogens (tertiary/aromatic N) is 7. The SMILES string of the molecule is N#Cc1ccc2c(c1)c1cc(C#N)ccc1n2-c1ccc(-c2ccncc2)cc1-c1nc(-c2ccccc2)nc(-c2ccccc2)n1. The van der Waals surface area contributed by atoms with Crippen LogP contribution in [0.25, 0.3) is 72.8 Å². The van der Waals surface area contributed by atoms with Crippen molar-refractivity contribution in [2.45, 2.75) is 0 Å². The average Bonchev–Trinajstić information content (AvgIpc) is 3.48. The van der Waals surface area contributed by atoms with E-state index in [1.54, 1.807) is 12.4 Å². The molecule has 0 bridgehead atoms. The lowest BCUT2D eigenvalue weighted by atomic mass is 10.0. The zero-order valence-corrected chi connectivity index (χ0v) is 24.9. The van der Waals surface area contributed by atoms with Gasteiger partial charge in [0.15, 0.2) is 17.5 Å². The standard InChI is InChI=1S/C40H23N7/c41-24-26-11-14-35-32(21-26)33-22-27(25-42)12-15-36(33)47(35)37-16-13-31(28-17-19-43-20-18-28)23-34(37)40-45-38(29-7-3-1-4-8-29)44-39(46-40)30-9-5-2-6-10-30/h1-23H. The highest BCUT2D eigenvalue weighted by atomic mass is 15.1. The summed E-state index contributed by atoms with van der Waals surface area (Å²) in [5, 5.41) is 21.2. The van der Waals surface area contributed by atoms with Crippen molar-refractivity contribution in [3.63, 3.8) is 0 Å². The third kappa shape index (κ3) is 4.95. The van der Waals surface area contributed by atoms with Crippen LogP contribution >= 0.6 is 0 Å². The van der Waals surface area contributed by atoms with Crippen LogP contribution in [0.5, 0.6) is 0 Å². The van der Waals surface area contributed by atoms with Gasteiger partial charge in [0.2, 0.25) is 0 Å². The molecular formula is C40H23N7. The van der Waals surface area contributed by atoms with E-state index in [-0.39, 0.29) is 0 Å². The van der Waals surface area contributed by atoms with Gasteiger partial charge in [0, 0.05) is 39.9 Å². The molecule has 3 aromatic heterocycles. The second-order valence-electron chi connectivity index (χ2n) is 11.0. The van der Waals surface area contributed by atoms with Gasteiger partial charge in [0.1, 0.15) is 0 Å². The van der Waals surface area contributed by atoms with Gasteiger partial charge in [-0.3, -0.25) is 4.98 Å². The maximum atomic E-state index is 9.73. The molecule has 0 saturated carbocycles. The lowest BCUT2D eigenvalue weighted by molar-refractivity contribution is 1.06. The van der Waals surface area contributed by atoms with Gasteiger partial charge in [-0.25, -0.2) is 15.0 Å². The first kappa shape index (κ1) is 27.6. The highest BCUT2D eigenvalue weighted by Crippen LogP contribution is 2.38. The van der Waals surface area contributed by atoms with Crippen molar-refractivity contribution in [3.8, 4) is 63.1 Å². The minimum Gasteiger partial charge on any atom is -0.308 e. The number of benzene rings is 5. The Bertz CT molecular complexity index is 2400. The van der Waals surface area contributed by atoms with Gasteiger partial charge in [0.25, 0.3) is 0 Å². The van der Waals surface area contributed by atoms with E-state index in [9.17, 15) is 10.5 Å². The molecule has 0 atom stereocenters. The number of hydrogen-bond acceptors (Lipinski definition) is 6. The molecule has 0 aliphatic heterocycles. The minimum atomic E-state index is 0.515. The van der Waals surface area contributed by atoms with E-state index >= 15 is 0 Å². The van der Waals surface area contributed by atoms with E-state index in [2.05, 4.69) is 39.9 Å². The van der Waals surface area contributed by atoms with Gasteiger partial charge in [-0.2, -0.15) is 10.5 Å². The number of rotatable bonds is 5. The molecule has 218 valence electrons. The molecule has 8 aromatic rings. The fourth-order valence-corrected chi connectivity index (χ4v) is 5.99. The van der Waals surface area contributed by atoms with Crippen LogP contribution in [0.4, 0.5) is 0 Å². The molecule has 0 aliphatic rings. The molecule has 0 aliphatic carbocycles. The summed E-state index contributed by atoms with van der Waals surface area (Å²) >= 11 is 0. The Morgan fingerprint density at radius 1 is 0.468 bits per heavy atom. The number of fused-ring (bicyclic) bond motifs is 3. The van der Waals surface area contributed by atoms with Crippen LogP contribution in [0, 0.1) is 22.7 Å². The van der Waals surface area contributed by atoms with Gasteiger partial charge in [0.05, 0.1) is 40.0 Å². The monoisotopic (exact) mass is 601 g/mol. The Hall–Kier alpha value is -6.96. The molecular weight excluding hydrogens is 578 g/mol. The van der Waals surface area contributed by atoms with E-state index < -0.39 is 0 Å². The minimum absolute atomic E-state index is 0.515. The molecule has 47 heavy (non-hydrogen) atoms. The zero-order chi connectivity index (χ0) is 31.7. The van der Waals surface area contributed by atoms with E-state index in [1.807, 2.05) is 109 Å². The fraction of sp³-hybridized carbons (Fsp3) is 0. The number of pyridine rings is 1. The Balaban J connectivity index is 1.47. The van der Waals surface area contributed by atoms with Gasteiger partial charge >= 0.3 is 0 Å². The molecule has 7 heteroatoms. The van der Waals surface area contributed by atoms with Crippen LogP contribution in [0.2, 0.25) is 0 Å². The predicted molar refractivity (Wildman–Crippen MR) is 183 cm³/mol. The Kier molecular flexibility index (Phi) is 6.76. The molecule has 0 N–H and O–H groups in total. The lowest BCUT2D eigenvalue weighted by Crippen LogP contribution is -2.04. The van der Waals surface area contributed by atoms with Crippen LogP contribution in [0.3, 0.4) is 0 Å². The number of nitriles is 2. The normalized spacial score (nSPS) is 10.9. The molecule has 5 aromatic carbocycles. The van der Waals surface area contributed by atoms with Crippen molar-refractivity contribution in [2.24, 2.45) is 0 Å². The van der Waals surface area contributed by atoms with Crippen molar-refractivity contribution in [1.29, 1.82) is 10.5 Å². The number of hydrogen-bond donors (Lipinski definition) is 0. The first-order valence-electron chi connectivity index (χ1n) is 15.0. The zero-order valence-electron chi connectivity index (χ0n) is 24.9. The van der Waals surface area contributed by atoms with E-state index in [1.165, 1.54) is 0 Å². The van der Waals surface area contributed by atoms with Crippen molar-refractivity contribution >= 4 is 21.8 Å². The second kappa shape index (κ2) is 11.5. The molecule has 0 amide bonds. The van der Waals surface area contributed by atoms with Gasteiger partial charge < -0.3 is 4.57 Å². The quantitative estimate of drug-likeness (QED) is 0.195. The van der Waals surface area contributed by atoms with E-state index in [0.29, 0.717) is 28.6 Å². The molecule has 0 spiro atoms. The topological polar surface area (TPSA) is 104 Å². The number of aromatic nitrogens is 5. The highest BCUT2D eigenvalue weighted by molar-refractivity contribution is 6.10. The first-order chi connectivity index (χ1) is 23.2. The summed E-state index contributed by atoms with van der Waals surface area (Å²) in [6.07, 6.45) is 3.55. The molecule has 0 fully saturated rings. The summed E-state index contributed by atoms with van der Waals surface area (Å²) in [4.78, 5) is 19.3. The molecule has 8 rings (SSSR count). The van der Waals surface area contributed by atoms with Crippen molar-refractivity contribution in [3.05, 3.63) is 151 Å². The third-order valence-corrected chi connectivity index (χ3v) is 8.21. The summed E-state index contributed by atoms with van der Waals surface area (Å²) in [6.45, 7) is 0. The average molecular weight is 602 g/mol. The van der Waals surface area contributed by atoms with Gasteiger partial charge in [-0.15, -0.1) is 0 Å². The first-order valence-corrected chi connectivity index (χ1v) is 15.0. The van der Waals surface area contributed by atoms with Crippen LogP contribution in [0.15, 0.2) is 140 Å². The van der Waals surface area contributed by atoms with Crippen LogP contribution in [0.1, 0.15) is 11.1 Å². The van der Waals surface area contributed by atoms with Crippen molar-refractivity contribution < 1.29 is 0 Å². The molecule has 0 saturated heterocycles. The maximum absolute atomic E-state index is 9.73. The maximum Gasteiger partial charge on any atom is 0.166 e.